The number of aromatic nitrogens is 1. The van der Waals surface area contributed by atoms with Gasteiger partial charge in [-0.05, 0) is 67.9 Å². The smallest absolute Gasteiger partial charge is 0.299 e. The van der Waals surface area contributed by atoms with Gasteiger partial charge in [0.05, 0.1) is 17.1 Å². The quantitative estimate of drug-likeness (QED) is 0.153. The van der Waals surface area contributed by atoms with Gasteiger partial charge in [-0.2, -0.15) is 8.42 Å². The monoisotopic (exact) mass is 543 g/mol. The van der Waals surface area contributed by atoms with Gasteiger partial charge in [-0.3, -0.25) is 0 Å². The third kappa shape index (κ3) is 5.63. The second-order valence-electron chi connectivity index (χ2n) is 9.76. The molecule has 1 aliphatic rings. The van der Waals surface area contributed by atoms with Gasteiger partial charge in [-0.1, -0.05) is 48.0 Å². The minimum absolute atomic E-state index is 0.128. The summed E-state index contributed by atoms with van der Waals surface area (Å²) >= 11 is 0. The van der Waals surface area contributed by atoms with Crippen LogP contribution in [-0.4, -0.2) is 32.0 Å². The number of fused-ring (bicyclic) bond motifs is 1. The molecule has 6 rings (SSSR count). The van der Waals surface area contributed by atoms with Crippen LogP contribution in [0.15, 0.2) is 100 Å². The van der Waals surface area contributed by atoms with E-state index in [1.54, 1.807) is 12.1 Å². The summed E-state index contributed by atoms with van der Waals surface area (Å²) in [6.45, 7) is 5.15. The normalized spacial score (nSPS) is 17.0. The maximum Gasteiger partial charge on any atom is 0.299 e. The molecule has 0 radical (unpaired) electrons. The van der Waals surface area contributed by atoms with Crippen LogP contribution < -0.4 is 4.74 Å². The molecule has 200 valence electrons. The summed E-state index contributed by atoms with van der Waals surface area (Å²) in [5.41, 5.74) is 5.02. The fourth-order valence-electron chi connectivity index (χ4n) is 4.64. The summed E-state index contributed by atoms with van der Waals surface area (Å²) in [6, 6.07) is 28.5. The van der Waals surface area contributed by atoms with E-state index in [0.717, 1.165) is 45.0 Å². The Morgan fingerprint density at radius 2 is 1.67 bits per heavy atom. The molecule has 5 aromatic rings. The molecule has 0 amide bonds. The zero-order valence-corrected chi connectivity index (χ0v) is 22.6. The average molecular weight is 544 g/mol. The van der Waals surface area contributed by atoms with Gasteiger partial charge in [0.15, 0.2) is 5.76 Å². The first-order valence-electron chi connectivity index (χ1n) is 12.9. The molecule has 1 unspecified atom stereocenters. The van der Waals surface area contributed by atoms with Gasteiger partial charge in [0.2, 0.25) is 6.29 Å². The first-order valence-corrected chi connectivity index (χ1v) is 14.3. The van der Waals surface area contributed by atoms with Crippen LogP contribution in [0.5, 0.6) is 5.75 Å². The lowest BCUT2D eigenvalue weighted by Crippen LogP contribution is -2.11. The maximum atomic E-state index is 12.5. The van der Waals surface area contributed by atoms with Crippen molar-refractivity contribution in [3.8, 4) is 17.2 Å². The summed E-state index contributed by atoms with van der Waals surface area (Å²) in [6.07, 6.45) is -0.513. The molecule has 0 aliphatic carbocycles. The first kappa shape index (κ1) is 25.4. The lowest BCUT2D eigenvalue weighted by molar-refractivity contribution is 0.185. The molecule has 0 bridgehead atoms. The molecule has 1 aliphatic heterocycles. The standard InChI is InChI=1S/C31H29NO6S/c1-21-7-14-26(15-8-21)39(33,34)38-31-30(37-31)19-23-10-12-25(13-11-23)35-18-17-32-22(2)9-16-27(32)29-20-24-5-3-4-6-28(24)36-29/h3-16,20,30-31H,17-19H2,1-2H3/t30-,31?/m0/s1. The van der Waals surface area contributed by atoms with E-state index in [1.807, 2.05) is 55.5 Å². The molecule has 3 aromatic carbocycles. The lowest BCUT2D eigenvalue weighted by atomic mass is 10.1. The number of para-hydroxylation sites is 1. The predicted octanol–water partition coefficient (Wildman–Crippen LogP) is 6.27. The molecule has 1 fully saturated rings. The summed E-state index contributed by atoms with van der Waals surface area (Å²) in [7, 11) is -3.86. The Morgan fingerprint density at radius 1 is 0.897 bits per heavy atom. The highest BCUT2D eigenvalue weighted by Gasteiger charge is 2.43. The molecule has 2 aromatic heterocycles. The lowest BCUT2D eigenvalue weighted by Gasteiger charge is -2.12. The van der Waals surface area contributed by atoms with E-state index < -0.39 is 16.4 Å². The molecule has 7 nitrogen and oxygen atoms in total. The van der Waals surface area contributed by atoms with E-state index >= 15 is 0 Å². The molecule has 8 heteroatoms. The van der Waals surface area contributed by atoms with E-state index in [9.17, 15) is 8.42 Å². The van der Waals surface area contributed by atoms with Crippen LogP contribution in [0.3, 0.4) is 0 Å². The number of nitrogens with zero attached hydrogens (tertiary/aromatic N) is 1. The van der Waals surface area contributed by atoms with Gasteiger partial charge >= 0.3 is 0 Å². The second-order valence-corrected chi connectivity index (χ2v) is 11.3. The number of hydrogen-bond donors (Lipinski definition) is 0. The zero-order chi connectivity index (χ0) is 27.0. The average Bonchev–Trinajstić information content (AvgIpc) is 3.30. The Balaban J connectivity index is 1.01. The van der Waals surface area contributed by atoms with Gasteiger partial charge in [0, 0.05) is 17.5 Å². The second kappa shape index (κ2) is 10.4. The fourth-order valence-corrected chi connectivity index (χ4v) is 5.64. The van der Waals surface area contributed by atoms with E-state index in [1.165, 1.54) is 12.1 Å². The molecule has 1 saturated heterocycles. The minimum Gasteiger partial charge on any atom is -0.492 e. The SMILES string of the molecule is Cc1ccc(S(=O)(=O)OC2O[C@H]2Cc2ccc(OCCn3c(C)ccc3-c3cc4ccccc4o3)cc2)cc1. The van der Waals surface area contributed by atoms with Crippen molar-refractivity contribution in [3.63, 3.8) is 0 Å². The third-order valence-corrected chi connectivity index (χ3v) is 8.18. The molecule has 0 saturated carbocycles. The van der Waals surface area contributed by atoms with Crippen molar-refractivity contribution >= 4 is 21.1 Å². The summed E-state index contributed by atoms with van der Waals surface area (Å²) in [4.78, 5) is 0.128. The first-order chi connectivity index (χ1) is 18.9. The number of rotatable bonds is 10. The number of benzene rings is 3. The van der Waals surface area contributed by atoms with Crippen LogP contribution in [0.2, 0.25) is 0 Å². The topological polar surface area (TPSA) is 83.2 Å². The Labute approximate surface area is 227 Å². The number of ether oxygens (including phenoxy) is 2. The van der Waals surface area contributed by atoms with Crippen LogP contribution in [-0.2, 0) is 32.0 Å². The highest BCUT2D eigenvalue weighted by atomic mass is 32.2. The number of aryl methyl sites for hydroxylation is 2. The van der Waals surface area contributed by atoms with Crippen LogP contribution in [0.1, 0.15) is 16.8 Å². The van der Waals surface area contributed by atoms with Crippen molar-refractivity contribution in [1.82, 2.24) is 4.57 Å². The third-order valence-electron chi connectivity index (χ3n) is 6.89. The Hall–Kier alpha value is -3.85. The van der Waals surface area contributed by atoms with Crippen LogP contribution in [0.25, 0.3) is 22.4 Å². The molecule has 0 N–H and O–H groups in total. The van der Waals surface area contributed by atoms with Crippen molar-refractivity contribution in [2.24, 2.45) is 0 Å². The molecular weight excluding hydrogens is 514 g/mol. The van der Waals surface area contributed by atoms with Gasteiger partial charge < -0.3 is 18.5 Å². The van der Waals surface area contributed by atoms with Gasteiger partial charge in [-0.15, -0.1) is 0 Å². The Kier molecular flexibility index (Phi) is 6.76. The molecule has 0 spiro atoms. The molecule has 3 heterocycles. The zero-order valence-electron chi connectivity index (χ0n) is 21.7. The number of furan rings is 1. The van der Waals surface area contributed by atoms with Crippen LogP contribution in [0.4, 0.5) is 0 Å². The van der Waals surface area contributed by atoms with Crippen LogP contribution in [0, 0.1) is 13.8 Å². The van der Waals surface area contributed by atoms with Crippen LogP contribution >= 0.6 is 0 Å². The van der Waals surface area contributed by atoms with E-state index in [4.69, 9.17) is 18.1 Å². The van der Waals surface area contributed by atoms with Gasteiger partial charge in [-0.25, -0.2) is 4.18 Å². The van der Waals surface area contributed by atoms with E-state index in [-0.39, 0.29) is 11.0 Å². The van der Waals surface area contributed by atoms with E-state index in [0.29, 0.717) is 19.6 Å². The minimum atomic E-state index is -3.86. The fraction of sp³-hybridized carbons (Fsp3) is 0.226. The van der Waals surface area contributed by atoms with E-state index in [2.05, 4.69) is 29.7 Å². The maximum absolute atomic E-state index is 12.5. The Morgan fingerprint density at radius 3 is 2.44 bits per heavy atom. The molecular formula is C31H29NO6S. The van der Waals surface area contributed by atoms with Crippen molar-refractivity contribution in [3.05, 3.63) is 108 Å². The highest BCUT2D eigenvalue weighted by Crippen LogP contribution is 2.32. The summed E-state index contributed by atoms with van der Waals surface area (Å²) < 4.78 is 49.9. The van der Waals surface area contributed by atoms with Crippen molar-refractivity contribution in [2.45, 2.75) is 44.1 Å². The summed E-state index contributed by atoms with van der Waals surface area (Å²) in [5.74, 6) is 1.60. The Bertz CT molecular complexity index is 1670. The number of epoxide rings is 1. The highest BCUT2D eigenvalue weighted by molar-refractivity contribution is 7.86. The van der Waals surface area contributed by atoms with Gasteiger partial charge in [0.25, 0.3) is 10.1 Å². The number of hydrogen-bond acceptors (Lipinski definition) is 6. The van der Waals surface area contributed by atoms with Gasteiger partial charge in [0.1, 0.15) is 24.0 Å². The van der Waals surface area contributed by atoms with Crippen molar-refractivity contribution in [1.29, 1.82) is 0 Å². The van der Waals surface area contributed by atoms with Crippen molar-refractivity contribution < 1.29 is 26.5 Å². The predicted molar refractivity (Wildman–Crippen MR) is 148 cm³/mol. The molecule has 39 heavy (non-hydrogen) atoms. The largest absolute Gasteiger partial charge is 0.492 e. The molecule has 2 atom stereocenters. The summed E-state index contributed by atoms with van der Waals surface area (Å²) in [5, 5.41) is 1.08. The van der Waals surface area contributed by atoms with Crippen molar-refractivity contribution in [2.75, 3.05) is 6.61 Å².